The maximum absolute atomic E-state index is 13.7. The van der Waals surface area contributed by atoms with E-state index in [1.807, 2.05) is 25.3 Å². The van der Waals surface area contributed by atoms with E-state index in [2.05, 4.69) is 20.9 Å². The minimum atomic E-state index is -0.672. The summed E-state index contributed by atoms with van der Waals surface area (Å²) >= 11 is 3.00. The molecule has 2 aromatic carbocycles. The molecule has 1 aliphatic carbocycles. The minimum Gasteiger partial charge on any atom is -0.493 e. The van der Waals surface area contributed by atoms with Crippen molar-refractivity contribution in [3.05, 3.63) is 56.7 Å². The Morgan fingerprint density at radius 2 is 1.90 bits per heavy atom. The molecule has 0 fully saturated rings. The number of aryl methyl sites for hydroxylation is 2. The molecule has 0 bridgehead atoms. The van der Waals surface area contributed by atoms with Gasteiger partial charge in [-0.05, 0) is 73.1 Å². The third kappa shape index (κ3) is 6.81. The molecule has 224 valence electrons. The van der Waals surface area contributed by atoms with Crippen molar-refractivity contribution >= 4 is 45.7 Å². The first-order valence-electron chi connectivity index (χ1n) is 13.5. The standard InChI is InChI=1S/C30H36N4O6S2/c1-16-15-31-30(42-16)34-29(37)23(11-12-41-6)33-22-10-8-19-20(14-24(22)36)21(32-17(2)35)9-7-18-13-25(38-3)27(39-4)28(40-5)26(18)19/h8,10,13-15,21,23H,7,9,11-12H2,1-6H3,(H,32,35)(H,33,36)(H,31,34,37)/t21-,23+/m1/s1. The SMILES string of the molecule is COc1cc2c(c(OC)c1OC)-c1ccc(N[C@@H](CCSC)C(=O)Nc3ncc(C)s3)c(=O)cc1[C@H](NC(C)=O)CC2. The molecule has 42 heavy (non-hydrogen) atoms. The van der Waals surface area contributed by atoms with E-state index in [0.717, 1.165) is 16.0 Å². The summed E-state index contributed by atoms with van der Waals surface area (Å²) in [6.45, 7) is 3.37. The smallest absolute Gasteiger partial charge is 0.248 e. The van der Waals surface area contributed by atoms with E-state index in [-0.39, 0.29) is 22.9 Å². The van der Waals surface area contributed by atoms with Crippen molar-refractivity contribution in [2.45, 2.75) is 45.2 Å². The van der Waals surface area contributed by atoms with Gasteiger partial charge in [0.15, 0.2) is 16.6 Å². The number of ether oxygens (including phenoxy) is 3. The average Bonchev–Trinajstić information content (AvgIpc) is 3.23. The van der Waals surface area contributed by atoms with Crippen LogP contribution < -0.4 is 35.6 Å². The van der Waals surface area contributed by atoms with Crippen LogP contribution in [0.1, 0.15) is 41.8 Å². The van der Waals surface area contributed by atoms with Gasteiger partial charge in [-0.25, -0.2) is 4.98 Å². The van der Waals surface area contributed by atoms with E-state index in [9.17, 15) is 14.4 Å². The number of amides is 2. The molecule has 3 aromatic rings. The summed E-state index contributed by atoms with van der Waals surface area (Å²) in [5.41, 5.74) is 3.02. The molecule has 1 heterocycles. The quantitative estimate of drug-likeness (QED) is 0.280. The summed E-state index contributed by atoms with van der Waals surface area (Å²) < 4.78 is 17.1. The van der Waals surface area contributed by atoms with Gasteiger partial charge in [0, 0.05) is 23.6 Å². The summed E-state index contributed by atoms with van der Waals surface area (Å²) in [6, 6.07) is 5.86. The maximum Gasteiger partial charge on any atom is 0.248 e. The molecule has 10 nitrogen and oxygen atoms in total. The molecule has 2 atom stereocenters. The second-order valence-electron chi connectivity index (χ2n) is 9.84. The minimum absolute atomic E-state index is 0.206. The van der Waals surface area contributed by atoms with Crippen LogP contribution in [0.25, 0.3) is 11.1 Å². The Balaban J connectivity index is 1.84. The number of carbonyl (C=O) groups is 2. The number of methoxy groups -OCH3 is 3. The van der Waals surface area contributed by atoms with E-state index >= 15 is 0 Å². The fraction of sp³-hybridized carbons (Fsp3) is 0.400. The number of aromatic nitrogens is 1. The molecule has 0 saturated carbocycles. The van der Waals surface area contributed by atoms with Crippen molar-refractivity contribution in [1.82, 2.24) is 10.3 Å². The van der Waals surface area contributed by atoms with Crippen molar-refractivity contribution in [1.29, 1.82) is 0 Å². The highest BCUT2D eigenvalue weighted by Gasteiger charge is 2.30. The van der Waals surface area contributed by atoms with Crippen LogP contribution in [0.4, 0.5) is 10.8 Å². The number of nitrogens with one attached hydrogen (secondary N) is 3. The lowest BCUT2D eigenvalue weighted by molar-refractivity contribution is -0.120. The van der Waals surface area contributed by atoms with Crippen LogP contribution in [0.3, 0.4) is 0 Å². The number of rotatable bonds is 11. The van der Waals surface area contributed by atoms with Crippen molar-refractivity contribution in [3.8, 4) is 28.4 Å². The highest BCUT2D eigenvalue weighted by atomic mass is 32.2. The first-order chi connectivity index (χ1) is 20.2. The molecular formula is C30H36N4O6S2. The highest BCUT2D eigenvalue weighted by Crippen LogP contribution is 2.50. The molecule has 12 heteroatoms. The normalized spacial score (nSPS) is 14.5. The lowest BCUT2D eigenvalue weighted by Gasteiger charge is -2.19. The molecule has 2 amide bonds. The number of thioether (sulfide) groups is 1. The van der Waals surface area contributed by atoms with Crippen molar-refractivity contribution in [2.75, 3.05) is 44.0 Å². The molecule has 3 N–H and O–H groups in total. The number of benzene rings is 1. The van der Waals surface area contributed by atoms with Gasteiger partial charge in [0.2, 0.25) is 23.0 Å². The molecule has 0 spiro atoms. The first kappa shape index (κ1) is 31.2. The zero-order valence-corrected chi connectivity index (χ0v) is 26.2. The van der Waals surface area contributed by atoms with Gasteiger partial charge in [0.1, 0.15) is 6.04 Å². The summed E-state index contributed by atoms with van der Waals surface area (Å²) in [6.07, 6.45) is 5.32. The second-order valence-corrected chi connectivity index (χ2v) is 12.1. The van der Waals surface area contributed by atoms with Crippen LogP contribution in [-0.4, -0.2) is 56.2 Å². The van der Waals surface area contributed by atoms with Crippen LogP contribution in [0.5, 0.6) is 17.2 Å². The Kier molecular flexibility index (Phi) is 10.3. The zero-order chi connectivity index (χ0) is 30.4. The summed E-state index contributed by atoms with van der Waals surface area (Å²) in [7, 11) is 4.66. The monoisotopic (exact) mass is 612 g/mol. The molecule has 0 aliphatic heterocycles. The molecule has 0 unspecified atom stereocenters. The Morgan fingerprint density at radius 1 is 1.14 bits per heavy atom. The van der Waals surface area contributed by atoms with Crippen molar-refractivity contribution < 1.29 is 23.8 Å². The summed E-state index contributed by atoms with van der Waals surface area (Å²) in [5.74, 6) is 1.66. The Morgan fingerprint density at radius 3 is 2.52 bits per heavy atom. The number of anilines is 2. The number of hydrogen-bond acceptors (Lipinski definition) is 10. The van der Waals surface area contributed by atoms with E-state index in [4.69, 9.17) is 14.2 Å². The van der Waals surface area contributed by atoms with E-state index in [0.29, 0.717) is 58.5 Å². The predicted octanol–water partition coefficient (Wildman–Crippen LogP) is 4.80. The molecular weight excluding hydrogens is 576 g/mol. The molecule has 1 aromatic heterocycles. The average molecular weight is 613 g/mol. The number of hydrogen-bond donors (Lipinski definition) is 3. The highest BCUT2D eigenvalue weighted by molar-refractivity contribution is 7.98. The maximum atomic E-state index is 13.7. The van der Waals surface area contributed by atoms with Gasteiger partial charge in [-0.3, -0.25) is 14.4 Å². The van der Waals surface area contributed by atoms with Crippen LogP contribution in [0, 0.1) is 6.92 Å². The lowest BCUT2D eigenvalue weighted by atomic mass is 9.95. The Hall–Kier alpha value is -3.77. The molecule has 0 saturated heterocycles. The van der Waals surface area contributed by atoms with E-state index < -0.39 is 12.1 Å². The number of nitrogens with zero attached hydrogens (tertiary/aromatic N) is 1. The number of fused-ring (bicyclic) bond motifs is 3. The molecule has 1 aliphatic rings. The van der Waals surface area contributed by atoms with E-state index in [1.165, 1.54) is 24.3 Å². The zero-order valence-electron chi connectivity index (χ0n) is 24.6. The van der Waals surface area contributed by atoms with Crippen LogP contribution in [-0.2, 0) is 16.0 Å². The van der Waals surface area contributed by atoms with Gasteiger partial charge in [-0.1, -0.05) is 6.07 Å². The summed E-state index contributed by atoms with van der Waals surface area (Å²) in [5, 5.41) is 9.58. The first-order valence-corrected chi connectivity index (χ1v) is 15.7. The fourth-order valence-corrected chi connectivity index (χ4v) is 6.26. The van der Waals surface area contributed by atoms with Gasteiger partial charge >= 0.3 is 0 Å². The van der Waals surface area contributed by atoms with Gasteiger partial charge in [0.05, 0.1) is 33.1 Å². The van der Waals surface area contributed by atoms with Crippen LogP contribution in [0.15, 0.2) is 35.3 Å². The third-order valence-corrected chi connectivity index (χ3v) is 8.50. The second kappa shape index (κ2) is 13.9. The van der Waals surface area contributed by atoms with E-state index in [1.54, 1.807) is 45.4 Å². The van der Waals surface area contributed by atoms with Crippen LogP contribution >= 0.6 is 23.1 Å². The largest absolute Gasteiger partial charge is 0.493 e. The van der Waals surface area contributed by atoms with Gasteiger partial charge < -0.3 is 30.2 Å². The number of carbonyl (C=O) groups excluding carboxylic acids is 2. The van der Waals surface area contributed by atoms with Crippen molar-refractivity contribution in [3.63, 3.8) is 0 Å². The Labute approximate surface area is 253 Å². The molecule has 0 radical (unpaired) electrons. The predicted molar refractivity (Wildman–Crippen MR) is 169 cm³/mol. The van der Waals surface area contributed by atoms with Crippen LogP contribution in [0.2, 0.25) is 0 Å². The topological polar surface area (TPSA) is 128 Å². The van der Waals surface area contributed by atoms with Gasteiger partial charge in [0.25, 0.3) is 0 Å². The summed E-state index contributed by atoms with van der Waals surface area (Å²) in [4.78, 5) is 44.4. The van der Waals surface area contributed by atoms with Gasteiger partial charge in [-0.2, -0.15) is 11.8 Å². The Bertz CT molecular complexity index is 1530. The number of thiazole rings is 1. The van der Waals surface area contributed by atoms with Crippen molar-refractivity contribution in [2.24, 2.45) is 0 Å². The third-order valence-electron chi connectivity index (χ3n) is 7.02. The fourth-order valence-electron chi connectivity index (χ4n) is 5.12. The lowest BCUT2D eigenvalue weighted by Crippen LogP contribution is -2.36. The molecule has 4 rings (SSSR count). The van der Waals surface area contributed by atoms with Gasteiger partial charge in [-0.15, -0.1) is 11.3 Å².